The van der Waals surface area contributed by atoms with E-state index in [1.807, 2.05) is 104 Å². The van der Waals surface area contributed by atoms with Gasteiger partial charge in [-0.15, -0.1) is 0 Å². The average Bonchev–Trinajstić information content (AvgIpc) is 3.03. The lowest BCUT2D eigenvalue weighted by molar-refractivity contribution is -0.139. The maximum Gasteiger partial charge on any atom is 0.326 e. The molecule has 0 bridgehead atoms. The SMILES string of the molecule is COc1ccc(Nc2ccc(Cl)cc2C(=O)N[C@@H](Cc2ccc(-c3ccccc3Oc3ccccc3)cc2)C(=O)O)cc1C. The molecule has 7 nitrogen and oxygen atoms in total. The van der Waals surface area contributed by atoms with Gasteiger partial charge in [0.05, 0.1) is 18.4 Å². The third kappa shape index (κ3) is 7.38. The molecule has 1 amide bonds. The van der Waals surface area contributed by atoms with Gasteiger partial charge in [-0.3, -0.25) is 4.79 Å². The molecule has 0 aromatic heterocycles. The first kappa shape index (κ1) is 30.2. The van der Waals surface area contributed by atoms with Gasteiger partial charge in [0, 0.05) is 22.7 Å². The highest BCUT2D eigenvalue weighted by atomic mass is 35.5. The summed E-state index contributed by atoms with van der Waals surface area (Å²) in [6.07, 6.45) is 0.0878. The number of amides is 1. The van der Waals surface area contributed by atoms with Crippen molar-refractivity contribution >= 4 is 34.9 Å². The summed E-state index contributed by atoms with van der Waals surface area (Å²) in [5.41, 5.74) is 4.94. The van der Waals surface area contributed by atoms with Gasteiger partial charge < -0.3 is 25.2 Å². The van der Waals surface area contributed by atoms with E-state index < -0.39 is 17.9 Å². The van der Waals surface area contributed by atoms with Crippen LogP contribution in [0, 0.1) is 6.92 Å². The molecule has 0 heterocycles. The van der Waals surface area contributed by atoms with Gasteiger partial charge in [-0.2, -0.15) is 0 Å². The molecule has 0 spiro atoms. The number of carbonyl (C=O) groups excluding carboxylic acids is 1. The number of carboxylic acids is 1. The van der Waals surface area contributed by atoms with E-state index in [2.05, 4.69) is 10.6 Å². The molecule has 0 saturated carbocycles. The Bertz CT molecular complexity index is 1770. The van der Waals surface area contributed by atoms with Gasteiger partial charge in [0.25, 0.3) is 5.91 Å². The van der Waals surface area contributed by atoms with Gasteiger partial charge in [0.2, 0.25) is 0 Å². The Kier molecular flexibility index (Phi) is 9.47. The maximum absolute atomic E-state index is 13.4. The largest absolute Gasteiger partial charge is 0.496 e. The summed E-state index contributed by atoms with van der Waals surface area (Å²) >= 11 is 6.23. The van der Waals surface area contributed by atoms with E-state index in [4.69, 9.17) is 21.1 Å². The number of rotatable bonds is 11. The number of ether oxygens (including phenoxy) is 2. The molecular weight excluding hydrogens is 576 g/mol. The van der Waals surface area contributed by atoms with Gasteiger partial charge in [-0.1, -0.05) is 72.3 Å². The monoisotopic (exact) mass is 606 g/mol. The fourth-order valence-electron chi connectivity index (χ4n) is 4.83. The lowest BCUT2D eigenvalue weighted by Gasteiger charge is -2.18. The summed E-state index contributed by atoms with van der Waals surface area (Å²) in [6.45, 7) is 1.92. The Morgan fingerprint density at radius 1 is 0.841 bits per heavy atom. The zero-order valence-electron chi connectivity index (χ0n) is 24.2. The first-order valence-electron chi connectivity index (χ1n) is 14.0. The first-order valence-corrected chi connectivity index (χ1v) is 14.3. The molecule has 0 aliphatic rings. The molecule has 3 N–H and O–H groups in total. The second-order valence-corrected chi connectivity index (χ2v) is 10.6. The molecule has 0 fully saturated rings. The zero-order valence-corrected chi connectivity index (χ0v) is 25.0. The van der Waals surface area contributed by atoms with E-state index in [1.54, 1.807) is 19.2 Å². The Labute approximate surface area is 261 Å². The maximum atomic E-state index is 13.4. The molecule has 0 radical (unpaired) electrons. The number of hydrogen-bond acceptors (Lipinski definition) is 5. The lowest BCUT2D eigenvalue weighted by atomic mass is 9.99. The molecule has 5 rings (SSSR count). The summed E-state index contributed by atoms with van der Waals surface area (Å²) in [5, 5.41) is 16.2. The van der Waals surface area contributed by atoms with Crippen molar-refractivity contribution in [2.45, 2.75) is 19.4 Å². The second kappa shape index (κ2) is 13.8. The van der Waals surface area contributed by atoms with Crippen molar-refractivity contribution < 1.29 is 24.2 Å². The van der Waals surface area contributed by atoms with Crippen LogP contribution >= 0.6 is 11.6 Å². The van der Waals surface area contributed by atoms with Crippen molar-refractivity contribution in [1.82, 2.24) is 5.32 Å². The number of carbonyl (C=O) groups is 2. The number of para-hydroxylation sites is 2. The summed E-state index contributed by atoms with van der Waals surface area (Å²) in [7, 11) is 1.60. The molecule has 8 heteroatoms. The number of anilines is 2. The molecule has 5 aromatic rings. The summed E-state index contributed by atoms with van der Waals surface area (Å²) in [4.78, 5) is 25.6. The lowest BCUT2D eigenvalue weighted by Crippen LogP contribution is -2.42. The Hall–Kier alpha value is -5.27. The normalized spacial score (nSPS) is 11.3. The molecule has 5 aromatic carbocycles. The van der Waals surface area contributed by atoms with Crippen LogP contribution in [0.4, 0.5) is 11.4 Å². The highest BCUT2D eigenvalue weighted by molar-refractivity contribution is 6.31. The summed E-state index contributed by atoms with van der Waals surface area (Å²) in [5.74, 6) is 0.473. The minimum atomic E-state index is -1.17. The van der Waals surface area contributed by atoms with Crippen molar-refractivity contribution in [3.8, 4) is 28.4 Å². The minimum absolute atomic E-state index is 0.0878. The van der Waals surface area contributed by atoms with E-state index >= 15 is 0 Å². The number of aliphatic carboxylic acids is 1. The van der Waals surface area contributed by atoms with Crippen LogP contribution in [0.25, 0.3) is 11.1 Å². The minimum Gasteiger partial charge on any atom is -0.496 e. The fourth-order valence-corrected chi connectivity index (χ4v) is 5.00. The molecule has 0 unspecified atom stereocenters. The number of halogens is 1. The van der Waals surface area contributed by atoms with Gasteiger partial charge in [0.1, 0.15) is 23.3 Å². The number of hydrogen-bond donors (Lipinski definition) is 3. The quantitative estimate of drug-likeness (QED) is 0.140. The molecule has 0 aliphatic carbocycles. The van der Waals surface area contributed by atoms with Crippen molar-refractivity contribution in [3.05, 3.63) is 137 Å². The third-order valence-electron chi connectivity index (χ3n) is 7.07. The van der Waals surface area contributed by atoms with Crippen molar-refractivity contribution in [1.29, 1.82) is 0 Å². The van der Waals surface area contributed by atoms with E-state index in [0.717, 1.165) is 39.4 Å². The van der Waals surface area contributed by atoms with Crippen LogP contribution in [0.3, 0.4) is 0 Å². The molecule has 44 heavy (non-hydrogen) atoms. The van der Waals surface area contributed by atoms with Crippen molar-refractivity contribution in [3.63, 3.8) is 0 Å². The zero-order chi connectivity index (χ0) is 31.1. The average molecular weight is 607 g/mol. The number of nitrogens with one attached hydrogen (secondary N) is 2. The second-order valence-electron chi connectivity index (χ2n) is 10.2. The van der Waals surface area contributed by atoms with E-state index in [0.29, 0.717) is 16.5 Å². The topological polar surface area (TPSA) is 96.9 Å². The van der Waals surface area contributed by atoms with Crippen LogP contribution in [-0.2, 0) is 11.2 Å². The Morgan fingerprint density at radius 3 is 2.27 bits per heavy atom. The number of carboxylic acid groups (broad SMARTS) is 1. The van der Waals surface area contributed by atoms with E-state index in [9.17, 15) is 14.7 Å². The predicted octanol–water partition coefficient (Wildman–Crippen LogP) is 8.29. The fraction of sp³-hybridized carbons (Fsp3) is 0.111. The van der Waals surface area contributed by atoms with Crippen molar-refractivity contribution in [2.75, 3.05) is 12.4 Å². The highest BCUT2D eigenvalue weighted by Gasteiger charge is 2.23. The van der Waals surface area contributed by atoms with Crippen molar-refractivity contribution in [2.24, 2.45) is 0 Å². The predicted molar refractivity (Wildman–Crippen MR) is 173 cm³/mol. The molecular formula is C36H31ClN2O5. The van der Waals surface area contributed by atoms with E-state index in [1.165, 1.54) is 6.07 Å². The Morgan fingerprint density at radius 2 is 1.57 bits per heavy atom. The van der Waals surface area contributed by atoms with Crippen LogP contribution in [-0.4, -0.2) is 30.1 Å². The van der Waals surface area contributed by atoms with Crippen LogP contribution in [0.15, 0.2) is 115 Å². The number of aryl methyl sites for hydroxylation is 1. The van der Waals surface area contributed by atoms with Gasteiger partial charge in [-0.05, 0) is 78.2 Å². The van der Waals surface area contributed by atoms with Crippen LogP contribution in [0.5, 0.6) is 17.2 Å². The van der Waals surface area contributed by atoms with E-state index in [-0.39, 0.29) is 12.0 Å². The molecule has 1 atom stereocenters. The molecule has 0 saturated heterocycles. The number of methoxy groups -OCH3 is 1. The van der Waals surface area contributed by atoms with Crippen LogP contribution in [0.1, 0.15) is 21.5 Å². The molecule has 0 aliphatic heterocycles. The van der Waals surface area contributed by atoms with Gasteiger partial charge >= 0.3 is 5.97 Å². The van der Waals surface area contributed by atoms with Crippen LogP contribution < -0.4 is 20.1 Å². The third-order valence-corrected chi connectivity index (χ3v) is 7.30. The first-order chi connectivity index (χ1) is 21.3. The van der Waals surface area contributed by atoms with Crippen LogP contribution in [0.2, 0.25) is 5.02 Å². The standard InChI is InChI=1S/C36H31ClN2O5/c1-23-20-27(17-19-33(23)43-2)38-31-18-16-26(37)22-30(31)35(40)39-32(36(41)42)21-24-12-14-25(15-13-24)29-10-6-7-11-34(29)44-28-8-4-3-5-9-28/h3-20,22,32,38H,21H2,1-2H3,(H,39,40)(H,41,42)/t32-/m0/s1. The Balaban J connectivity index is 1.31. The van der Waals surface area contributed by atoms with Gasteiger partial charge in [0.15, 0.2) is 0 Å². The number of benzene rings is 5. The summed E-state index contributed by atoms with van der Waals surface area (Å²) < 4.78 is 11.4. The smallest absolute Gasteiger partial charge is 0.326 e. The summed E-state index contributed by atoms with van der Waals surface area (Å²) in [6, 6.07) is 34.0. The highest BCUT2D eigenvalue weighted by Crippen LogP contribution is 2.33. The molecule has 222 valence electrons. The van der Waals surface area contributed by atoms with Gasteiger partial charge in [-0.25, -0.2) is 4.79 Å².